The van der Waals surface area contributed by atoms with Gasteiger partial charge in [0.15, 0.2) is 0 Å². The highest BCUT2D eigenvalue weighted by Crippen LogP contribution is 2.31. The molecule has 21 heavy (non-hydrogen) atoms. The zero-order valence-corrected chi connectivity index (χ0v) is 11.8. The number of rotatable bonds is 3. The van der Waals surface area contributed by atoms with Gasteiger partial charge in [0.1, 0.15) is 11.6 Å². The minimum Gasteiger partial charge on any atom is -0.496 e. The van der Waals surface area contributed by atoms with E-state index < -0.39 is 0 Å². The minimum absolute atomic E-state index is 0.298. The lowest BCUT2D eigenvalue weighted by atomic mass is 10.2. The van der Waals surface area contributed by atoms with Crippen LogP contribution in [0.5, 0.6) is 5.75 Å². The molecule has 0 N–H and O–H groups in total. The Labute approximate surface area is 125 Å². The van der Waals surface area contributed by atoms with Crippen molar-refractivity contribution in [2.45, 2.75) is 0 Å². The Kier molecular flexibility index (Phi) is 3.58. The molecule has 0 unspecified atom stereocenters. The number of hydrogen-bond donors (Lipinski definition) is 0. The van der Waals surface area contributed by atoms with E-state index in [9.17, 15) is 4.39 Å². The van der Waals surface area contributed by atoms with Crippen LogP contribution in [0.4, 0.5) is 4.39 Å². The fourth-order valence-corrected chi connectivity index (χ4v) is 2.07. The van der Waals surface area contributed by atoms with Crippen LogP contribution in [0, 0.1) is 5.82 Å². The van der Waals surface area contributed by atoms with Gasteiger partial charge in [-0.2, -0.15) is 4.98 Å². The maximum atomic E-state index is 12.9. The van der Waals surface area contributed by atoms with Gasteiger partial charge >= 0.3 is 0 Å². The lowest BCUT2D eigenvalue weighted by molar-refractivity contribution is 0.413. The quantitative estimate of drug-likeness (QED) is 0.727. The average Bonchev–Trinajstić information content (AvgIpc) is 2.97. The summed E-state index contributed by atoms with van der Waals surface area (Å²) in [5.74, 6) is 0.918. The van der Waals surface area contributed by atoms with E-state index in [1.54, 1.807) is 37.4 Å². The molecular weight excluding hydrogens is 295 g/mol. The monoisotopic (exact) mass is 304 g/mol. The highest BCUT2D eigenvalue weighted by Gasteiger charge is 2.15. The Balaban J connectivity index is 2.02. The van der Waals surface area contributed by atoms with Gasteiger partial charge in [0.05, 0.1) is 12.7 Å². The summed E-state index contributed by atoms with van der Waals surface area (Å²) in [6.07, 6.45) is 0. The second-order valence-corrected chi connectivity index (χ2v) is 4.71. The van der Waals surface area contributed by atoms with Crippen LogP contribution >= 0.6 is 11.6 Å². The van der Waals surface area contributed by atoms with E-state index in [0.29, 0.717) is 33.6 Å². The molecule has 0 amide bonds. The molecule has 6 heteroatoms. The maximum absolute atomic E-state index is 12.9. The Hall–Kier alpha value is -2.40. The number of ether oxygens (including phenoxy) is 1. The van der Waals surface area contributed by atoms with E-state index in [0.717, 1.165) is 0 Å². The van der Waals surface area contributed by atoms with Gasteiger partial charge in [-0.3, -0.25) is 0 Å². The molecule has 0 aliphatic rings. The average molecular weight is 305 g/mol. The van der Waals surface area contributed by atoms with Crippen LogP contribution in [0.15, 0.2) is 47.0 Å². The molecular formula is C15H10ClFN2O2. The largest absolute Gasteiger partial charge is 0.496 e. The minimum atomic E-state index is -0.324. The molecule has 0 saturated heterocycles. The fraction of sp³-hybridized carbons (Fsp3) is 0.0667. The van der Waals surface area contributed by atoms with Gasteiger partial charge < -0.3 is 9.26 Å². The summed E-state index contributed by atoms with van der Waals surface area (Å²) in [4.78, 5) is 4.29. The molecule has 106 valence electrons. The van der Waals surface area contributed by atoms with E-state index in [1.165, 1.54) is 12.1 Å². The van der Waals surface area contributed by atoms with Gasteiger partial charge in [-0.1, -0.05) is 16.8 Å². The van der Waals surface area contributed by atoms with Crippen LogP contribution in [-0.4, -0.2) is 17.3 Å². The molecule has 2 aromatic carbocycles. The molecule has 0 aliphatic heterocycles. The Morgan fingerprint density at radius 1 is 1.14 bits per heavy atom. The first kappa shape index (κ1) is 13.6. The summed E-state index contributed by atoms with van der Waals surface area (Å²) in [5.41, 5.74) is 1.26. The van der Waals surface area contributed by atoms with Gasteiger partial charge in [-0.05, 0) is 42.5 Å². The van der Waals surface area contributed by atoms with Crippen molar-refractivity contribution in [2.24, 2.45) is 0 Å². The number of nitrogens with zero attached hydrogens (tertiary/aromatic N) is 2. The Morgan fingerprint density at radius 2 is 1.90 bits per heavy atom. The topological polar surface area (TPSA) is 48.2 Å². The number of aromatic nitrogens is 2. The summed E-state index contributed by atoms with van der Waals surface area (Å²) in [6, 6.07) is 10.9. The predicted molar refractivity (Wildman–Crippen MR) is 76.7 cm³/mol. The van der Waals surface area contributed by atoms with E-state index in [1.807, 2.05) is 0 Å². The molecule has 0 aliphatic carbocycles. The number of benzene rings is 2. The fourth-order valence-electron chi connectivity index (χ4n) is 1.90. The molecule has 1 heterocycles. The molecule has 1 aromatic heterocycles. The molecule has 0 saturated carbocycles. The zero-order valence-electron chi connectivity index (χ0n) is 11.0. The molecule has 0 radical (unpaired) electrons. The highest BCUT2D eigenvalue weighted by molar-refractivity contribution is 6.30. The third-order valence-corrected chi connectivity index (χ3v) is 3.15. The first-order chi connectivity index (χ1) is 10.2. The molecule has 0 fully saturated rings. The van der Waals surface area contributed by atoms with Gasteiger partial charge in [-0.25, -0.2) is 4.39 Å². The van der Waals surface area contributed by atoms with Crippen LogP contribution in [-0.2, 0) is 0 Å². The van der Waals surface area contributed by atoms with E-state index in [2.05, 4.69) is 10.1 Å². The third kappa shape index (κ3) is 2.73. The molecule has 0 atom stereocenters. The van der Waals surface area contributed by atoms with Crippen LogP contribution in [0.3, 0.4) is 0 Å². The van der Waals surface area contributed by atoms with Crippen LogP contribution in [0.1, 0.15) is 0 Å². The van der Waals surface area contributed by atoms with Crippen LogP contribution in [0.2, 0.25) is 5.02 Å². The molecule has 3 aromatic rings. The van der Waals surface area contributed by atoms with E-state index >= 15 is 0 Å². The van der Waals surface area contributed by atoms with Gasteiger partial charge in [0, 0.05) is 10.6 Å². The summed E-state index contributed by atoms with van der Waals surface area (Å²) in [6.45, 7) is 0. The molecule has 3 rings (SSSR count). The summed E-state index contributed by atoms with van der Waals surface area (Å²) >= 11 is 5.98. The van der Waals surface area contributed by atoms with Crippen LogP contribution in [0.25, 0.3) is 22.8 Å². The molecule has 0 bridgehead atoms. The first-order valence-corrected chi connectivity index (χ1v) is 6.49. The Bertz CT molecular complexity index is 772. The number of methoxy groups -OCH3 is 1. The first-order valence-electron chi connectivity index (χ1n) is 6.11. The predicted octanol–water partition coefficient (Wildman–Crippen LogP) is 4.20. The second-order valence-electron chi connectivity index (χ2n) is 4.27. The third-order valence-electron chi connectivity index (χ3n) is 2.92. The van der Waals surface area contributed by atoms with Gasteiger partial charge in [0.25, 0.3) is 5.89 Å². The second kappa shape index (κ2) is 5.54. The summed E-state index contributed by atoms with van der Waals surface area (Å²) in [7, 11) is 1.55. The van der Waals surface area contributed by atoms with Crippen LogP contribution < -0.4 is 4.74 Å². The van der Waals surface area contributed by atoms with Crippen molar-refractivity contribution in [1.82, 2.24) is 10.1 Å². The summed E-state index contributed by atoms with van der Waals surface area (Å²) in [5, 5.41) is 4.46. The molecule has 4 nitrogen and oxygen atoms in total. The van der Waals surface area contributed by atoms with E-state index in [4.69, 9.17) is 20.9 Å². The van der Waals surface area contributed by atoms with Crippen molar-refractivity contribution in [2.75, 3.05) is 7.11 Å². The zero-order chi connectivity index (χ0) is 14.8. The van der Waals surface area contributed by atoms with Crippen molar-refractivity contribution in [3.8, 4) is 28.6 Å². The highest BCUT2D eigenvalue weighted by atomic mass is 35.5. The maximum Gasteiger partial charge on any atom is 0.258 e. The van der Waals surface area contributed by atoms with Crippen molar-refractivity contribution in [1.29, 1.82) is 0 Å². The molecule has 0 spiro atoms. The SMILES string of the molecule is COc1ccc(Cl)cc1-c1noc(-c2ccc(F)cc2)n1. The lowest BCUT2D eigenvalue weighted by Gasteiger charge is -2.04. The van der Waals surface area contributed by atoms with Crippen molar-refractivity contribution >= 4 is 11.6 Å². The number of halogens is 2. The van der Waals surface area contributed by atoms with Crippen molar-refractivity contribution in [3.63, 3.8) is 0 Å². The Morgan fingerprint density at radius 3 is 2.62 bits per heavy atom. The standard InChI is InChI=1S/C15H10ClFN2O2/c1-20-13-7-4-10(16)8-12(13)14-18-15(21-19-14)9-2-5-11(17)6-3-9/h2-8H,1H3. The lowest BCUT2D eigenvalue weighted by Crippen LogP contribution is -1.89. The summed E-state index contributed by atoms with van der Waals surface area (Å²) < 4.78 is 23.4. The number of hydrogen-bond acceptors (Lipinski definition) is 4. The van der Waals surface area contributed by atoms with Crippen molar-refractivity contribution in [3.05, 3.63) is 53.3 Å². The van der Waals surface area contributed by atoms with Gasteiger partial charge in [0.2, 0.25) is 5.82 Å². The smallest absolute Gasteiger partial charge is 0.258 e. The van der Waals surface area contributed by atoms with Gasteiger partial charge in [-0.15, -0.1) is 0 Å². The van der Waals surface area contributed by atoms with E-state index in [-0.39, 0.29) is 5.82 Å². The van der Waals surface area contributed by atoms with Crippen molar-refractivity contribution < 1.29 is 13.7 Å². The normalized spacial score (nSPS) is 10.6.